The fourth-order valence-corrected chi connectivity index (χ4v) is 9.05. The van der Waals surface area contributed by atoms with Gasteiger partial charge in [0.15, 0.2) is 6.10 Å². The molecule has 0 unspecified atom stereocenters. The SMILES string of the molecule is CCCCCCCCCCCCCCCCC(=O)OC[C@H](COC(=O)CCCCCCCCCCCC(C)C)OC(=O)CCCCCCCCCCCCCCCCCCCCC(C)C. The zero-order chi connectivity index (χ0) is 47.5. The Hall–Kier alpha value is -1.59. The quantitative estimate of drug-likeness (QED) is 0.0344. The van der Waals surface area contributed by atoms with E-state index >= 15 is 0 Å². The van der Waals surface area contributed by atoms with E-state index in [1.807, 2.05) is 0 Å². The van der Waals surface area contributed by atoms with Crippen molar-refractivity contribution in [2.75, 3.05) is 13.2 Å². The molecule has 0 aromatic heterocycles. The predicted molar refractivity (Wildman–Crippen MR) is 280 cm³/mol. The lowest BCUT2D eigenvalue weighted by Crippen LogP contribution is -2.30. The summed E-state index contributed by atoms with van der Waals surface area (Å²) in [5, 5.41) is 0. The molecule has 1 atom stereocenters. The van der Waals surface area contributed by atoms with Crippen LogP contribution >= 0.6 is 0 Å². The molecule has 0 aliphatic carbocycles. The van der Waals surface area contributed by atoms with Crippen molar-refractivity contribution >= 4 is 17.9 Å². The molecule has 0 fully saturated rings. The molecule has 0 N–H and O–H groups in total. The molecule has 65 heavy (non-hydrogen) atoms. The molecule has 0 aromatic carbocycles. The van der Waals surface area contributed by atoms with Gasteiger partial charge in [-0.05, 0) is 31.1 Å². The van der Waals surface area contributed by atoms with Crippen LogP contribution in [0, 0.1) is 11.8 Å². The molecule has 0 rings (SSSR count). The summed E-state index contributed by atoms with van der Waals surface area (Å²) in [5.74, 6) is 0.827. The fourth-order valence-electron chi connectivity index (χ4n) is 9.05. The van der Waals surface area contributed by atoms with Gasteiger partial charge in [0.25, 0.3) is 0 Å². The van der Waals surface area contributed by atoms with Crippen molar-refractivity contribution in [1.29, 1.82) is 0 Å². The number of carbonyl (C=O) groups is 3. The number of hydrogen-bond acceptors (Lipinski definition) is 6. The van der Waals surface area contributed by atoms with Crippen LogP contribution < -0.4 is 0 Å². The van der Waals surface area contributed by atoms with Gasteiger partial charge in [-0.3, -0.25) is 14.4 Å². The molecule has 0 heterocycles. The van der Waals surface area contributed by atoms with Gasteiger partial charge in [0.1, 0.15) is 13.2 Å². The Kier molecular flexibility index (Phi) is 50.5. The molecule has 0 radical (unpaired) electrons. The second-order valence-corrected chi connectivity index (χ2v) is 21.2. The summed E-state index contributed by atoms with van der Waals surface area (Å²) in [6.07, 6.45) is 55.3. The van der Waals surface area contributed by atoms with Crippen LogP contribution in [0.1, 0.15) is 330 Å². The third-order valence-electron chi connectivity index (χ3n) is 13.5. The van der Waals surface area contributed by atoms with E-state index < -0.39 is 6.10 Å². The zero-order valence-corrected chi connectivity index (χ0v) is 44.6. The number of esters is 3. The second-order valence-electron chi connectivity index (χ2n) is 21.2. The van der Waals surface area contributed by atoms with Gasteiger partial charge in [-0.15, -0.1) is 0 Å². The predicted octanol–water partition coefficient (Wildman–Crippen LogP) is 19.3. The van der Waals surface area contributed by atoms with Gasteiger partial charge in [-0.2, -0.15) is 0 Å². The van der Waals surface area contributed by atoms with Gasteiger partial charge in [0, 0.05) is 19.3 Å². The first kappa shape index (κ1) is 63.4. The Labute approximate surface area is 406 Å². The van der Waals surface area contributed by atoms with Crippen LogP contribution in [-0.2, 0) is 28.6 Å². The summed E-state index contributed by atoms with van der Waals surface area (Å²) in [4.78, 5) is 38.1. The Morgan fingerprint density at radius 1 is 0.292 bits per heavy atom. The topological polar surface area (TPSA) is 78.9 Å². The molecule has 0 saturated carbocycles. The first-order valence-electron chi connectivity index (χ1n) is 29.2. The lowest BCUT2D eigenvalue weighted by molar-refractivity contribution is -0.167. The van der Waals surface area contributed by atoms with Crippen LogP contribution in [0.5, 0.6) is 0 Å². The lowest BCUT2D eigenvalue weighted by atomic mass is 10.0. The maximum absolute atomic E-state index is 12.9. The van der Waals surface area contributed by atoms with Gasteiger partial charge in [0.05, 0.1) is 0 Å². The summed E-state index contributed by atoms with van der Waals surface area (Å²) in [6.45, 7) is 11.4. The third-order valence-corrected chi connectivity index (χ3v) is 13.5. The minimum atomic E-state index is -0.762. The monoisotopic (exact) mass is 919 g/mol. The number of rotatable bonds is 53. The number of ether oxygens (including phenoxy) is 3. The summed E-state index contributed by atoms with van der Waals surface area (Å²) in [5.41, 5.74) is 0. The molecule has 6 heteroatoms. The molecule has 6 nitrogen and oxygen atoms in total. The molecule has 386 valence electrons. The van der Waals surface area contributed by atoms with Gasteiger partial charge in [-0.1, -0.05) is 291 Å². The van der Waals surface area contributed by atoms with Gasteiger partial charge >= 0.3 is 17.9 Å². The largest absolute Gasteiger partial charge is 0.462 e. The minimum absolute atomic E-state index is 0.0628. The second kappa shape index (κ2) is 51.8. The molecule has 0 saturated heterocycles. The Balaban J connectivity index is 4.25. The molecular formula is C59H114O6. The lowest BCUT2D eigenvalue weighted by Gasteiger charge is -2.18. The van der Waals surface area contributed by atoms with Crippen LogP contribution in [0.3, 0.4) is 0 Å². The summed E-state index contributed by atoms with van der Waals surface area (Å²) < 4.78 is 16.9. The van der Waals surface area contributed by atoms with Crippen molar-refractivity contribution in [3.63, 3.8) is 0 Å². The first-order valence-corrected chi connectivity index (χ1v) is 29.2. The van der Waals surface area contributed by atoms with E-state index in [9.17, 15) is 14.4 Å². The Morgan fingerprint density at radius 2 is 0.508 bits per heavy atom. The van der Waals surface area contributed by atoms with Crippen molar-refractivity contribution in [2.24, 2.45) is 11.8 Å². The fraction of sp³-hybridized carbons (Fsp3) is 0.949. The van der Waals surface area contributed by atoms with Gasteiger partial charge in [0.2, 0.25) is 0 Å². The molecule has 0 aliphatic rings. The van der Waals surface area contributed by atoms with Crippen molar-refractivity contribution in [3.05, 3.63) is 0 Å². The Bertz CT molecular complexity index is 993. The van der Waals surface area contributed by atoms with Crippen molar-refractivity contribution < 1.29 is 28.6 Å². The summed E-state index contributed by atoms with van der Waals surface area (Å²) in [7, 11) is 0. The third kappa shape index (κ3) is 53.2. The highest BCUT2D eigenvalue weighted by molar-refractivity contribution is 5.71. The average Bonchev–Trinajstić information content (AvgIpc) is 3.28. The van der Waals surface area contributed by atoms with Crippen molar-refractivity contribution in [2.45, 2.75) is 336 Å². The highest BCUT2D eigenvalue weighted by Crippen LogP contribution is 2.18. The van der Waals surface area contributed by atoms with Crippen LogP contribution in [0.25, 0.3) is 0 Å². The number of hydrogen-bond donors (Lipinski definition) is 0. The molecule has 0 spiro atoms. The zero-order valence-electron chi connectivity index (χ0n) is 44.6. The van der Waals surface area contributed by atoms with Crippen LogP contribution in [0.4, 0.5) is 0 Å². The summed E-state index contributed by atoms with van der Waals surface area (Å²) in [6, 6.07) is 0. The molecule has 0 amide bonds. The highest BCUT2D eigenvalue weighted by Gasteiger charge is 2.19. The van der Waals surface area contributed by atoms with Crippen LogP contribution in [-0.4, -0.2) is 37.2 Å². The first-order chi connectivity index (χ1) is 31.7. The van der Waals surface area contributed by atoms with E-state index in [4.69, 9.17) is 14.2 Å². The minimum Gasteiger partial charge on any atom is -0.462 e. The maximum atomic E-state index is 12.9. The van der Waals surface area contributed by atoms with E-state index in [1.54, 1.807) is 0 Å². The van der Waals surface area contributed by atoms with E-state index in [2.05, 4.69) is 34.6 Å². The van der Waals surface area contributed by atoms with E-state index in [0.717, 1.165) is 69.6 Å². The van der Waals surface area contributed by atoms with Crippen molar-refractivity contribution in [1.82, 2.24) is 0 Å². The number of carbonyl (C=O) groups excluding carboxylic acids is 3. The van der Waals surface area contributed by atoms with E-state index in [-0.39, 0.29) is 31.1 Å². The molecule has 0 aliphatic heterocycles. The van der Waals surface area contributed by atoms with E-state index in [1.165, 1.54) is 218 Å². The van der Waals surface area contributed by atoms with Crippen LogP contribution in [0.2, 0.25) is 0 Å². The van der Waals surface area contributed by atoms with Crippen molar-refractivity contribution in [3.8, 4) is 0 Å². The number of unbranched alkanes of at least 4 members (excludes halogenated alkanes) is 38. The molecule has 0 aromatic rings. The normalized spacial score (nSPS) is 12.0. The Morgan fingerprint density at radius 3 is 0.754 bits per heavy atom. The average molecular weight is 920 g/mol. The summed E-state index contributed by atoms with van der Waals surface area (Å²) >= 11 is 0. The molecular weight excluding hydrogens is 805 g/mol. The van der Waals surface area contributed by atoms with Crippen LogP contribution in [0.15, 0.2) is 0 Å². The molecule has 0 bridgehead atoms. The van der Waals surface area contributed by atoms with E-state index in [0.29, 0.717) is 19.3 Å². The van der Waals surface area contributed by atoms with Gasteiger partial charge in [-0.25, -0.2) is 0 Å². The standard InChI is InChI=1S/C59H114O6/c1-6-7-8-9-10-11-12-13-21-24-29-34-39-44-49-57(60)63-52-56(53-64-58(61)50-45-40-35-31-26-28-33-38-43-48-55(4)5)65-59(62)51-46-41-36-30-25-22-19-17-15-14-16-18-20-23-27-32-37-42-47-54(2)3/h54-56H,6-53H2,1-5H3/t56-/m1/s1. The highest BCUT2D eigenvalue weighted by atomic mass is 16.6. The van der Waals surface area contributed by atoms with Gasteiger partial charge < -0.3 is 14.2 Å². The smallest absolute Gasteiger partial charge is 0.306 e. The maximum Gasteiger partial charge on any atom is 0.306 e.